The number of carbonyl (C=O) groups excluding carboxylic acids is 3. The third-order valence-electron chi connectivity index (χ3n) is 3.16. The molecule has 2 aromatic heterocycles. The first-order valence-corrected chi connectivity index (χ1v) is 8.74. The van der Waals surface area contributed by atoms with Gasteiger partial charge >= 0.3 is 0 Å². The first-order chi connectivity index (χ1) is 11.5. The number of thiophene rings is 1. The van der Waals surface area contributed by atoms with Gasteiger partial charge in [-0.2, -0.15) is 0 Å². The van der Waals surface area contributed by atoms with Crippen LogP contribution in [0.1, 0.15) is 21.1 Å². The van der Waals surface area contributed by atoms with Gasteiger partial charge in [0, 0.05) is 24.0 Å². The van der Waals surface area contributed by atoms with Gasteiger partial charge in [-0.3, -0.25) is 19.3 Å². The molecule has 0 unspecified atom stereocenters. The lowest BCUT2D eigenvalue weighted by Crippen LogP contribution is -2.37. The summed E-state index contributed by atoms with van der Waals surface area (Å²) in [6, 6.07) is 5.26. The Bertz CT molecular complexity index is 811. The number of imide groups is 1. The van der Waals surface area contributed by atoms with Gasteiger partial charge in [-0.25, -0.2) is 0 Å². The lowest BCUT2D eigenvalue weighted by molar-refractivity contribution is -0.122. The lowest BCUT2D eigenvalue weighted by Gasteiger charge is -2.12. The number of hydrogen-bond donors (Lipinski definition) is 1. The second-order valence-corrected chi connectivity index (χ2v) is 6.91. The van der Waals surface area contributed by atoms with Crippen molar-refractivity contribution < 1.29 is 18.9 Å². The SMILES string of the molecule is Cc1cc(C(=O)NCCN2C(=O)SC(=Cc3cccs3)C2=O)on1. The lowest BCUT2D eigenvalue weighted by atomic mass is 10.3. The zero-order valence-corrected chi connectivity index (χ0v) is 14.3. The fourth-order valence-electron chi connectivity index (χ4n) is 2.03. The molecule has 24 heavy (non-hydrogen) atoms. The molecule has 0 aromatic carbocycles. The average molecular weight is 363 g/mol. The predicted octanol–water partition coefficient (Wildman–Crippen LogP) is 2.51. The Labute approximate surface area is 145 Å². The average Bonchev–Trinajstić information content (AvgIpc) is 3.26. The van der Waals surface area contributed by atoms with E-state index in [1.165, 1.54) is 17.4 Å². The standard InChI is InChI=1S/C15H13N3O4S2/c1-9-7-11(22-17-9)13(19)16-4-5-18-14(20)12(24-15(18)21)8-10-3-2-6-23-10/h2-3,6-8H,4-5H2,1H3,(H,16,19). The van der Waals surface area contributed by atoms with Gasteiger partial charge in [0.25, 0.3) is 17.1 Å². The molecule has 3 heterocycles. The molecule has 0 saturated carbocycles. The van der Waals surface area contributed by atoms with Crippen molar-refractivity contribution in [3.63, 3.8) is 0 Å². The molecule has 124 valence electrons. The van der Waals surface area contributed by atoms with Crippen LogP contribution in [0.25, 0.3) is 6.08 Å². The summed E-state index contributed by atoms with van der Waals surface area (Å²) >= 11 is 2.39. The van der Waals surface area contributed by atoms with E-state index in [9.17, 15) is 14.4 Å². The van der Waals surface area contributed by atoms with E-state index in [-0.39, 0.29) is 30.0 Å². The Hall–Kier alpha value is -2.39. The van der Waals surface area contributed by atoms with Crippen molar-refractivity contribution in [1.82, 2.24) is 15.4 Å². The number of nitrogens with one attached hydrogen (secondary N) is 1. The van der Waals surface area contributed by atoms with Crippen molar-refractivity contribution in [2.24, 2.45) is 0 Å². The highest BCUT2D eigenvalue weighted by atomic mass is 32.2. The van der Waals surface area contributed by atoms with Gasteiger partial charge in [0.15, 0.2) is 0 Å². The van der Waals surface area contributed by atoms with Crippen molar-refractivity contribution in [3.05, 3.63) is 44.8 Å². The summed E-state index contributed by atoms with van der Waals surface area (Å²) in [5.41, 5.74) is 0.602. The number of aromatic nitrogens is 1. The number of nitrogens with zero attached hydrogens (tertiary/aromatic N) is 2. The zero-order valence-electron chi connectivity index (χ0n) is 12.6. The molecular formula is C15H13N3O4S2. The van der Waals surface area contributed by atoms with Crippen molar-refractivity contribution in [1.29, 1.82) is 0 Å². The van der Waals surface area contributed by atoms with Crippen LogP contribution in [0.2, 0.25) is 0 Å². The monoisotopic (exact) mass is 363 g/mol. The largest absolute Gasteiger partial charge is 0.351 e. The smallest absolute Gasteiger partial charge is 0.293 e. The minimum absolute atomic E-state index is 0.0965. The van der Waals surface area contributed by atoms with E-state index in [1.54, 1.807) is 13.0 Å². The van der Waals surface area contributed by atoms with Crippen LogP contribution in [-0.4, -0.2) is 40.2 Å². The van der Waals surface area contributed by atoms with E-state index in [2.05, 4.69) is 10.5 Å². The molecule has 1 N–H and O–H groups in total. The first kappa shape index (κ1) is 16.5. The molecule has 1 fully saturated rings. The van der Waals surface area contributed by atoms with Crippen LogP contribution in [0.3, 0.4) is 0 Å². The van der Waals surface area contributed by atoms with E-state index in [1.807, 2.05) is 17.5 Å². The maximum Gasteiger partial charge on any atom is 0.293 e. The van der Waals surface area contributed by atoms with Gasteiger partial charge in [-0.1, -0.05) is 11.2 Å². The molecule has 0 spiro atoms. The fourth-order valence-corrected chi connectivity index (χ4v) is 3.62. The van der Waals surface area contributed by atoms with Crippen molar-refractivity contribution >= 4 is 46.2 Å². The maximum atomic E-state index is 12.3. The Kier molecular flexibility index (Phi) is 4.81. The molecule has 1 saturated heterocycles. The van der Waals surface area contributed by atoms with Gasteiger partial charge in [0.2, 0.25) is 5.76 Å². The number of rotatable bonds is 5. The molecular weight excluding hydrogens is 350 g/mol. The van der Waals surface area contributed by atoms with Crippen LogP contribution in [0.15, 0.2) is 33.0 Å². The molecule has 0 atom stereocenters. The number of amides is 3. The molecule has 0 aliphatic carbocycles. The maximum absolute atomic E-state index is 12.3. The summed E-state index contributed by atoms with van der Waals surface area (Å²) in [5, 5.41) is 7.78. The van der Waals surface area contributed by atoms with E-state index < -0.39 is 5.91 Å². The summed E-state index contributed by atoms with van der Waals surface area (Å²) < 4.78 is 4.85. The van der Waals surface area contributed by atoms with Crippen molar-refractivity contribution in [2.75, 3.05) is 13.1 Å². The van der Waals surface area contributed by atoms with Crippen LogP contribution < -0.4 is 5.32 Å². The van der Waals surface area contributed by atoms with E-state index in [0.717, 1.165) is 21.5 Å². The second kappa shape index (κ2) is 7.02. The van der Waals surface area contributed by atoms with Crippen LogP contribution in [0, 0.1) is 6.92 Å². The molecule has 0 radical (unpaired) electrons. The molecule has 2 aromatic rings. The van der Waals surface area contributed by atoms with E-state index >= 15 is 0 Å². The number of aryl methyl sites for hydroxylation is 1. The van der Waals surface area contributed by atoms with Gasteiger partial charge in [-0.15, -0.1) is 11.3 Å². The Morgan fingerprint density at radius 3 is 2.96 bits per heavy atom. The third kappa shape index (κ3) is 3.57. The van der Waals surface area contributed by atoms with E-state index in [0.29, 0.717) is 10.6 Å². The summed E-state index contributed by atoms with van der Waals surface area (Å²) in [6.07, 6.45) is 1.70. The minimum Gasteiger partial charge on any atom is -0.351 e. The zero-order chi connectivity index (χ0) is 17.1. The molecule has 3 rings (SSSR count). The molecule has 3 amide bonds. The van der Waals surface area contributed by atoms with Crippen molar-refractivity contribution in [3.8, 4) is 0 Å². The number of thioether (sulfide) groups is 1. The van der Waals surface area contributed by atoms with Gasteiger partial charge in [0.1, 0.15) is 0 Å². The van der Waals surface area contributed by atoms with Crippen LogP contribution in [0.4, 0.5) is 4.79 Å². The van der Waals surface area contributed by atoms with Gasteiger partial charge in [0.05, 0.1) is 10.6 Å². The molecule has 1 aliphatic heterocycles. The Morgan fingerprint density at radius 1 is 1.46 bits per heavy atom. The molecule has 0 bridgehead atoms. The highest BCUT2D eigenvalue weighted by Gasteiger charge is 2.34. The summed E-state index contributed by atoms with van der Waals surface area (Å²) in [7, 11) is 0. The quantitative estimate of drug-likeness (QED) is 0.821. The fraction of sp³-hybridized carbons (Fsp3) is 0.200. The summed E-state index contributed by atoms with van der Waals surface area (Å²) in [6.45, 7) is 1.95. The van der Waals surface area contributed by atoms with Gasteiger partial charge < -0.3 is 9.84 Å². The molecule has 9 heteroatoms. The molecule has 7 nitrogen and oxygen atoms in total. The van der Waals surface area contributed by atoms with Gasteiger partial charge in [-0.05, 0) is 36.2 Å². The molecule has 1 aliphatic rings. The highest BCUT2D eigenvalue weighted by molar-refractivity contribution is 8.18. The summed E-state index contributed by atoms with van der Waals surface area (Å²) in [5.74, 6) is -0.681. The highest BCUT2D eigenvalue weighted by Crippen LogP contribution is 2.32. The Balaban J connectivity index is 1.56. The third-order valence-corrected chi connectivity index (χ3v) is 4.89. The predicted molar refractivity (Wildman–Crippen MR) is 90.6 cm³/mol. The van der Waals surface area contributed by atoms with Crippen molar-refractivity contribution in [2.45, 2.75) is 6.92 Å². The first-order valence-electron chi connectivity index (χ1n) is 7.05. The number of carbonyl (C=O) groups is 3. The minimum atomic E-state index is -0.434. The van der Waals surface area contributed by atoms with Crippen LogP contribution in [-0.2, 0) is 4.79 Å². The summed E-state index contributed by atoms with van der Waals surface area (Å²) in [4.78, 5) is 38.5. The topological polar surface area (TPSA) is 92.5 Å². The van der Waals surface area contributed by atoms with E-state index in [4.69, 9.17) is 4.52 Å². The van der Waals surface area contributed by atoms with Crippen LogP contribution in [0.5, 0.6) is 0 Å². The number of hydrogen-bond acceptors (Lipinski definition) is 7. The Morgan fingerprint density at radius 2 is 2.29 bits per heavy atom. The normalized spacial score (nSPS) is 16.2. The van der Waals surface area contributed by atoms with Crippen LogP contribution >= 0.6 is 23.1 Å². The second-order valence-electron chi connectivity index (χ2n) is 4.94.